The molecule has 6 nitrogen and oxygen atoms in total. The number of carboxylic acids is 1. The molecule has 3 rings (SSSR count). The van der Waals surface area contributed by atoms with Gasteiger partial charge in [-0.2, -0.15) is 0 Å². The monoisotopic (exact) mass is 309 g/mol. The summed E-state index contributed by atoms with van der Waals surface area (Å²) < 4.78 is 7.01. The van der Waals surface area contributed by atoms with E-state index in [0.717, 1.165) is 16.8 Å². The zero-order valence-electron chi connectivity index (χ0n) is 12.7. The zero-order chi connectivity index (χ0) is 16.4. The number of nitrogens with zero attached hydrogens (tertiary/aromatic N) is 3. The molecule has 0 amide bonds. The number of aryl methyl sites for hydroxylation is 1. The molecule has 0 radical (unpaired) electrons. The van der Waals surface area contributed by atoms with Gasteiger partial charge < -0.3 is 9.84 Å². The van der Waals surface area contributed by atoms with Crippen molar-refractivity contribution in [2.45, 2.75) is 6.92 Å². The Balaban J connectivity index is 2.16. The summed E-state index contributed by atoms with van der Waals surface area (Å²) in [4.78, 5) is 11.2. The molecule has 0 fully saturated rings. The second-order valence-electron chi connectivity index (χ2n) is 5.09. The second kappa shape index (κ2) is 5.92. The van der Waals surface area contributed by atoms with Crippen LogP contribution in [0.25, 0.3) is 16.9 Å². The lowest BCUT2D eigenvalue weighted by molar-refractivity contribution is 0.0697. The van der Waals surface area contributed by atoms with Crippen molar-refractivity contribution in [2.24, 2.45) is 0 Å². The molecule has 0 unspecified atom stereocenters. The maximum Gasteiger partial charge on any atom is 0.335 e. The molecule has 6 heteroatoms. The van der Waals surface area contributed by atoms with Crippen LogP contribution in [0.4, 0.5) is 0 Å². The largest absolute Gasteiger partial charge is 0.496 e. The molecule has 0 saturated heterocycles. The third-order valence-corrected chi connectivity index (χ3v) is 3.52. The van der Waals surface area contributed by atoms with Gasteiger partial charge in [0.15, 0.2) is 0 Å². The van der Waals surface area contributed by atoms with E-state index in [1.165, 1.54) is 6.07 Å². The van der Waals surface area contributed by atoms with Crippen LogP contribution in [0.5, 0.6) is 5.75 Å². The van der Waals surface area contributed by atoms with Crippen LogP contribution in [0.3, 0.4) is 0 Å². The van der Waals surface area contributed by atoms with E-state index in [-0.39, 0.29) is 5.56 Å². The predicted molar refractivity (Wildman–Crippen MR) is 85.0 cm³/mol. The summed E-state index contributed by atoms with van der Waals surface area (Å²) >= 11 is 0. The first kappa shape index (κ1) is 14.8. The zero-order valence-corrected chi connectivity index (χ0v) is 12.7. The Hall–Kier alpha value is -3.15. The summed E-state index contributed by atoms with van der Waals surface area (Å²) in [7, 11) is 1.60. The minimum absolute atomic E-state index is 0.195. The fraction of sp³-hybridized carbons (Fsp3) is 0.118. The molecule has 0 aliphatic carbocycles. The van der Waals surface area contributed by atoms with E-state index in [1.54, 1.807) is 36.2 Å². The van der Waals surface area contributed by atoms with E-state index >= 15 is 0 Å². The van der Waals surface area contributed by atoms with Crippen molar-refractivity contribution in [1.29, 1.82) is 0 Å². The van der Waals surface area contributed by atoms with Crippen molar-refractivity contribution < 1.29 is 14.6 Å². The van der Waals surface area contributed by atoms with Gasteiger partial charge in [-0.3, -0.25) is 0 Å². The average molecular weight is 309 g/mol. The molecular weight excluding hydrogens is 294 g/mol. The smallest absolute Gasteiger partial charge is 0.335 e. The summed E-state index contributed by atoms with van der Waals surface area (Å²) in [6.45, 7) is 1.99. The van der Waals surface area contributed by atoms with E-state index < -0.39 is 5.97 Å². The van der Waals surface area contributed by atoms with Crippen LogP contribution in [-0.2, 0) is 0 Å². The lowest BCUT2D eigenvalue weighted by atomic mass is 10.1. The number of hydrogen-bond donors (Lipinski definition) is 1. The SMILES string of the molecule is COc1ccc(C)cc1-c1cnnn1-c1cccc(C(=O)O)c1. The number of rotatable bonds is 4. The summed E-state index contributed by atoms with van der Waals surface area (Å²) in [5, 5.41) is 17.2. The molecule has 0 aliphatic rings. The molecule has 2 aromatic carbocycles. The maximum atomic E-state index is 11.2. The van der Waals surface area contributed by atoms with Crippen LogP contribution in [0, 0.1) is 6.92 Å². The Bertz CT molecular complexity index is 871. The van der Waals surface area contributed by atoms with E-state index in [2.05, 4.69) is 10.3 Å². The molecule has 0 atom stereocenters. The van der Waals surface area contributed by atoms with Gasteiger partial charge in [0.25, 0.3) is 0 Å². The number of methoxy groups -OCH3 is 1. The predicted octanol–water partition coefficient (Wildman–Crippen LogP) is 2.95. The standard InChI is InChI=1S/C17H15N3O3/c1-11-6-7-16(23-2)14(8-11)15-10-18-19-20(15)13-5-3-4-12(9-13)17(21)22/h3-10H,1-2H3,(H,21,22). The summed E-state index contributed by atoms with van der Waals surface area (Å²) in [5.41, 5.74) is 3.47. The van der Waals surface area contributed by atoms with E-state index in [0.29, 0.717) is 11.4 Å². The van der Waals surface area contributed by atoms with Gasteiger partial charge in [-0.25, -0.2) is 9.48 Å². The Morgan fingerprint density at radius 2 is 2.04 bits per heavy atom. The lowest BCUT2D eigenvalue weighted by Gasteiger charge is -2.11. The highest BCUT2D eigenvalue weighted by Gasteiger charge is 2.14. The van der Waals surface area contributed by atoms with E-state index in [1.807, 2.05) is 25.1 Å². The van der Waals surface area contributed by atoms with Gasteiger partial charge in [0.05, 0.1) is 30.3 Å². The molecule has 1 N–H and O–H groups in total. The number of carbonyl (C=O) groups is 1. The molecule has 0 spiro atoms. The summed E-state index contributed by atoms with van der Waals surface area (Å²) in [6.07, 6.45) is 1.63. The Morgan fingerprint density at radius 3 is 2.78 bits per heavy atom. The Morgan fingerprint density at radius 1 is 1.22 bits per heavy atom. The van der Waals surface area contributed by atoms with Crippen molar-refractivity contribution in [2.75, 3.05) is 7.11 Å². The van der Waals surface area contributed by atoms with Crippen molar-refractivity contribution in [3.63, 3.8) is 0 Å². The molecule has 0 bridgehead atoms. The van der Waals surface area contributed by atoms with E-state index in [9.17, 15) is 4.79 Å². The highest BCUT2D eigenvalue weighted by atomic mass is 16.5. The number of ether oxygens (including phenoxy) is 1. The molecule has 1 heterocycles. The van der Waals surface area contributed by atoms with Crippen LogP contribution in [0.1, 0.15) is 15.9 Å². The molecule has 0 aliphatic heterocycles. The normalized spacial score (nSPS) is 10.5. The van der Waals surface area contributed by atoms with Gasteiger partial charge in [-0.15, -0.1) is 5.10 Å². The second-order valence-corrected chi connectivity index (χ2v) is 5.09. The molecule has 1 aromatic heterocycles. The molecule has 0 saturated carbocycles. The van der Waals surface area contributed by atoms with Crippen LogP contribution >= 0.6 is 0 Å². The van der Waals surface area contributed by atoms with Gasteiger partial charge in [-0.1, -0.05) is 22.9 Å². The first-order valence-electron chi connectivity index (χ1n) is 6.99. The molecule has 116 valence electrons. The highest BCUT2D eigenvalue weighted by Crippen LogP contribution is 2.31. The van der Waals surface area contributed by atoms with Crippen LogP contribution in [0.15, 0.2) is 48.7 Å². The van der Waals surface area contributed by atoms with E-state index in [4.69, 9.17) is 9.84 Å². The number of benzene rings is 2. The van der Waals surface area contributed by atoms with Gasteiger partial charge in [0.2, 0.25) is 0 Å². The quantitative estimate of drug-likeness (QED) is 0.801. The molecule has 23 heavy (non-hydrogen) atoms. The van der Waals surface area contributed by atoms with Crippen LogP contribution in [0.2, 0.25) is 0 Å². The molecular formula is C17H15N3O3. The topological polar surface area (TPSA) is 77.2 Å². The number of aromatic nitrogens is 3. The number of aromatic carboxylic acids is 1. The molecule has 3 aromatic rings. The number of carboxylic acid groups (broad SMARTS) is 1. The maximum absolute atomic E-state index is 11.2. The summed E-state index contributed by atoms with van der Waals surface area (Å²) in [6, 6.07) is 12.4. The van der Waals surface area contributed by atoms with Crippen molar-refractivity contribution >= 4 is 5.97 Å². The third-order valence-electron chi connectivity index (χ3n) is 3.52. The fourth-order valence-corrected chi connectivity index (χ4v) is 2.40. The minimum Gasteiger partial charge on any atom is -0.496 e. The average Bonchev–Trinajstić information content (AvgIpc) is 3.04. The van der Waals surface area contributed by atoms with Crippen LogP contribution < -0.4 is 4.74 Å². The van der Waals surface area contributed by atoms with Crippen LogP contribution in [-0.4, -0.2) is 33.2 Å². The minimum atomic E-state index is -0.985. The summed E-state index contributed by atoms with van der Waals surface area (Å²) in [5.74, 6) is -0.282. The van der Waals surface area contributed by atoms with Crippen molar-refractivity contribution in [3.8, 4) is 22.7 Å². The first-order chi connectivity index (χ1) is 11.1. The number of hydrogen-bond acceptors (Lipinski definition) is 4. The van der Waals surface area contributed by atoms with Crippen molar-refractivity contribution in [1.82, 2.24) is 15.0 Å². The highest BCUT2D eigenvalue weighted by molar-refractivity contribution is 5.88. The third kappa shape index (κ3) is 2.78. The Kier molecular flexibility index (Phi) is 3.80. The Labute approximate surface area is 133 Å². The van der Waals surface area contributed by atoms with Crippen molar-refractivity contribution in [3.05, 3.63) is 59.8 Å². The van der Waals surface area contributed by atoms with Gasteiger partial charge in [0.1, 0.15) is 5.75 Å². The lowest BCUT2D eigenvalue weighted by Crippen LogP contribution is -2.03. The van der Waals surface area contributed by atoms with Gasteiger partial charge >= 0.3 is 5.97 Å². The van der Waals surface area contributed by atoms with Gasteiger partial charge in [0, 0.05) is 5.56 Å². The van der Waals surface area contributed by atoms with Gasteiger partial charge in [-0.05, 0) is 37.3 Å². The fourth-order valence-electron chi connectivity index (χ4n) is 2.40. The first-order valence-corrected chi connectivity index (χ1v) is 6.99.